The Morgan fingerprint density at radius 2 is 2.06 bits per heavy atom. The number of halogens is 1. The van der Waals surface area contributed by atoms with Gasteiger partial charge in [-0.15, -0.1) is 11.3 Å². The number of hydrogen-bond donors (Lipinski definition) is 1. The quantitative estimate of drug-likeness (QED) is 0.830. The van der Waals surface area contributed by atoms with Crippen molar-refractivity contribution >= 4 is 27.3 Å². The summed E-state index contributed by atoms with van der Waals surface area (Å²) < 4.78 is 1.18. The first-order valence-electron chi connectivity index (χ1n) is 6.25. The third-order valence-electron chi connectivity index (χ3n) is 3.43. The molecular weight excluding hydrogens is 296 g/mol. The lowest BCUT2D eigenvalue weighted by molar-refractivity contribution is 0.166. The number of nitrogens with two attached hydrogens (primary N) is 1. The van der Waals surface area contributed by atoms with E-state index in [1.54, 1.807) is 11.3 Å². The molecule has 0 amide bonds. The Morgan fingerprint density at radius 1 is 1.41 bits per heavy atom. The maximum atomic E-state index is 5.94. The molecule has 0 aromatic carbocycles. The molecule has 2 nitrogen and oxygen atoms in total. The van der Waals surface area contributed by atoms with Gasteiger partial charge in [-0.25, -0.2) is 0 Å². The van der Waals surface area contributed by atoms with E-state index in [9.17, 15) is 0 Å². The van der Waals surface area contributed by atoms with Gasteiger partial charge in [-0.1, -0.05) is 26.7 Å². The first kappa shape index (κ1) is 15.2. The molecule has 2 N–H and O–H groups in total. The maximum absolute atomic E-state index is 5.94. The summed E-state index contributed by atoms with van der Waals surface area (Å²) in [5.41, 5.74) is 5.94. The van der Waals surface area contributed by atoms with Crippen LogP contribution in [0.4, 0.5) is 0 Å². The van der Waals surface area contributed by atoms with Gasteiger partial charge in [0.2, 0.25) is 0 Å². The Morgan fingerprint density at radius 3 is 2.47 bits per heavy atom. The van der Waals surface area contributed by atoms with E-state index in [1.165, 1.54) is 22.2 Å². The van der Waals surface area contributed by atoms with E-state index in [2.05, 4.69) is 53.2 Å². The summed E-state index contributed by atoms with van der Waals surface area (Å²) in [6.45, 7) is 6.25. The lowest BCUT2D eigenvalue weighted by atomic mass is 9.93. The average Bonchev–Trinajstić information content (AvgIpc) is 2.71. The van der Waals surface area contributed by atoms with Gasteiger partial charge in [-0.2, -0.15) is 0 Å². The first-order chi connectivity index (χ1) is 8.12. The van der Waals surface area contributed by atoms with Crippen LogP contribution in [0.15, 0.2) is 15.9 Å². The van der Waals surface area contributed by atoms with Gasteiger partial charge < -0.3 is 5.73 Å². The lowest BCUT2D eigenvalue weighted by Crippen LogP contribution is -2.42. The van der Waals surface area contributed by atoms with Crippen molar-refractivity contribution in [3.8, 4) is 0 Å². The molecule has 17 heavy (non-hydrogen) atoms. The Hall–Kier alpha value is 0.1000. The number of thiophene rings is 1. The fourth-order valence-electron chi connectivity index (χ4n) is 2.36. The van der Waals surface area contributed by atoms with Crippen LogP contribution in [0.25, 0.3) is 0 Å². The Labute approximate surface area is 117 Å². The second-order valence-electron chi connectivity index (χ2n) is 4.53. The lowest BCUT2D eigenvalue weighted by Gasteiger charge is -2.32. The molecule has 0 radical (unpaired) electrons. The number of rotatable bonds is 7. The van der Waals surface area contributed by atoms with Gasteiger partial charge in [0.15, 0.2) is 0 Å². The molecule has 1 aromatic rings. The molecule has 0 spiro atoms. The zero-order chi connectivity index (χ0) is 12.8. The highest BCUT2D eigenvalue weighted by Gasteiger charge is 2.21. The molecule has 1 rings (SSSR count). The third kappa shape index (κ3) is 4.36. The van der Waals surface area contributed by atoms with E-state index in [0.29, 0.717) is 12.0 Å². The summed E-state index contributed by atoms with van der Waals surface area (Å²) in [4.78, 5) is 3.79. The van der Waals surface area contributed by atoms with Crippen molar-refractivity contribution in [1.29, 1.82) is 0 Å². The van der Waals surface area contributed by atoms with E-state index in [-0.39, 0.29) is 0 Å². The standard InChI is InChI=1S/C13H23BrN2S/c1-4-10(5-2)13(7-15)16(3)8-12-6-11(14)9-17-12/h6,9-10,13H,4-5,7-8,15H2,1-3H3. The van der Waals surface area contributed by atoms with Gasteiger partial charge in [0.25, 0.3) is 0 Å². The van der Waals surface area contributed by atoms with E-state index >= 15 is 0 Å². The van der Waals surface area contributed by atoms with Gasteiger partial charge >= 0.3 is 0 Å². The molecule has 0 aliphatic heterocycles. The molecule has 0 fully saturated rings. The van der Waals surface area contributed by atoms with Crippen molar-refractivity contribution in [3.05, 3.63) is 20.8 Å². The molecule has 0 saturated carbocycles. The fourth-order valence-corrected chi connectivity index (χ4v) is 3.88. The zero-order valence-electron chi connectivity index (χ0n) is 10.9. The predicted octanol–water partition coefficient (Wildman–Crippen LogP) is 3.71. The van der Waals surface area contributed by atoms with Crippen LogP contribution >= 0.6 is 27.3 Å². The van der Waals surface area contributed by atoms with Crippen LogP contribution in [0.2, 0.25) is 0 Å². The smallest absolute Gasteiger partial charge is 0.0328 e. The Kier molecular flexibility index (Phi) is 6.70. The Balaban J connectivity index is 2.62. The molecule has 0 aliphatic rings. The highest BCUT2D eigenvalue weighted by molar-refractivity contribution is 9.10. The van der Waals surface area contributed by atoms with Gasteiger partial charge in [0.1, 0.15) is 0 Å². The SMILES string of the molecule is CCC(CC)C(CN)N(C)Cc1cc(Br)cs1. The minimum absolute atomic E-state index is 0.492. The van der Waals surface area contributed by atoms with Crippen LogP contribution in [-0.4, -0.2) is 24.5 Å². The maximum Gasteiger partial charge on any atom is 0.0328 e. The van der Waals surface area contributed by atoms with Crippen LogP contribution in [-0.2, 0) is 6.54 Å². The van der Waals surface area contributed by atoms with Crippen LogP contribution in [0.3, 0.4) is 0 Å². The summed E-state index contributed by atoms with van der Waals surface area (Å²) in [5.74, 6) is 0.702. The summed E-state index contributed by atoms with van der Waals surface area (Å²) in [7, 11) is 2.18. The van der Waals surface area contributed by atoms with Crippen molar-refractivity contribution in [2.24, 2.45) is 11.7 Å². The summed E-state index contributed by atoms with van der Waals surface area (Å²) in [5, 5.41) is 2.14. The number of nitrogens with zero attached hydrogens (tertiary/aromatic N) is 1. The molecule has 0 saturated heterocycles. The van der Waals surface area contributed by atoms with Crippen molar-refractivity contribution < 1.29 is 0 Å². The number of hydrogen-bond acceptors (Lipinski definition) is 3. The topological polar surface area (TPSA) is 29.3 Å². The highest BCUT2D eigenvalue weighted by atomic mass is 79.9. The summed E-state index contributed by atoms with van der Waals surface area (Å²) in [6.07, 6.45) is 2.41. The Bertz CT molecular complexity index is 323. The molecule has 1 atom stereocenters. The second-order valence-corrected chi connectivity index (χ2v) is 6.44. The van der Waals surface area contributed by atoms with Crippen LogP contribution < -0.4 is 5.73 Å². The molecule has 0 bridgehead atoms. The molecular formula is C13H23BrN2S. The molecule has 1 aromatic heterocycles. The molecule has 1 heterocycles. The van der Waals surface area contributed by atoms with Gasteiger partial charge in [0, 0.05) is 33.9 Å². The van der Waals surface area contributed by atoms with Crippen molar-refractivity contribution in [3.63, 3.8) is 0 Å². The van der Waals surface area contributed by atoms with Gasteiger partial charge in [0.05, 0.1) is 0 Å². The molecule has 4 heteroatoms. The predicted molar refractivity (Wildman–Crippen MR) is 80.4 cm³/mol. The average molecular weight is 319 g/mol. The minimum Gasteiger partial charge on any atom is -0.329 e. The van der Waals surface area contributed by atoms with Crippen molar-refractivity contribution in [2.45, 2.75) is 39.3 Å². The van der Waals surface area contributed by atoms with E-state index in [1.807, 2.05) is 0 Å². The number of likely N-dealkylation sites (N-methyl/N-ethyl adjacent to an activating group) is 1. The molecule has 98 valence electrons. The van der Waals surface area contributed by atoms with Gasteiger partial charge in [-0.3, -0.25) is 4.90 Å². The highest BCUT2D eigenvalue weighted by Crippen LogP contribution is 2.23. The van der Waals surface area contributed by atoms with Crippen molar-refractivity contribution in [2.75, 3.05) is 13.6 Å². The summed E-state index contributed by atoms with van der Waals surface area (Å²) in [6, 6.07) is 2.69. The minimum atomic E-state index is 0.492. The van der Waals surface area contributed by atoms with Gasteiger partial charge in [-0.05, 0) is 35.0 Å². The van der Waals surface area contributed by atoms with Crippen LogP contribution in [0.1, 0.15) is 31.6 Å². The van der Waals surface area contributed by atoms with E-state index < -0.39 is 0 Å². The molecule has 0 aliphatic carbocycles. The molecule has 1 unspecified atom stereocenters. The first-order valence-corrected chi connectivity index (χ1v) is 7.92. The van der Waals surface area contributed by atoms with Crippen LogP contribution in [0.5, 0.6) is 0 Å². The fraction of sp³-hybridized carbons (Fsp3) is 0.692. The second kappa shape index (κ2) is 7.52. The van der Waals surface area contributed by atoms with Crippen molar-refractivity contribution in [1.82, 2.24) is 4.90 Å². The largest absolute Gasteiger partial charge is 0.329 e. The monoisotopic (exact) mass is 318 g/mol. The summed E-state index contributed by atoms with van der Waals surface area (Å²) >= 11 is 5.30. The van der Waals surface area contributed by atoms with Crippen LogP contribution in [0, 0.1) is 5.92 Å². The van der Waals surface area contributed by atoms with E-state index in [0.717, 1.165) is 13.1 Å². The normalized spacial score (nSPS) is 13.6. The van der Waals surface area contributed by atoms with E-state index in [4.69, 9.17) is 5.73 Å². The zero-order valence-corrected chi connectivity index (χ0v) is 13.4. The third-order valence-corrected chi connectivity index (χ3v) is 5.11.